The van der Waals surface area contributed by atoms with Crippen LogP contribution >= 0.6 is 11.3 Å². The number of aryl methyl sites for hydroxylation is 1. The molecule has 0 bridgehead atoms. The van der Waals surface area contributed by atoms with E-state index in [1.165, 1.54) is 16.9 Å². The van der Waals surface area contributed by atoms with Gasteiger partial charge in [0.2, 0.25) is 0 Å². The number of anilines is 1. The molecular formula is C12H10N2S. The SMILES string of the molecule is Cc1cccc(-c2csc(C#N)c2N)c1. The summed E-state index contributed by atoms with van der Waals surface area (Å²) in [6, 6.07) is 10.2. The number of benzene rings is 1. The molecule has 0 unspecified atom stereocenters. The van der Waals surface area contributed by atoms with Gasteiger partial charge in [0, 0.05) is 10.9 Å². The van der Waals surface area contributed by atoms with E-state index in [0.717, 1.165) is 11.1 Å². The molecule has 2 nitrogen and oxygen atoms in total. The third-order valence-corrected chi connectivity index (χ3v) is 3.16. The quantitative estimate of drug-likeness (QED) is 0.792. The molecule has 1 aromatic heterocycles. The molecule has 0 fully saturated rings. The summed E-state index contributed by atoms with van der Waals surface area (Å²) in [6.45, 7) is 2.04. The predicted molar refractivity (Wildman–Crippen MR) is 63.6 cm³/mol. The normalized spacial score (nSPS) is 9.87. The van der Waals surface area contributed by atoms with E-state index in [-0.39, 0.29) is 0 Å². The van der Waals surface area contributed by atoms with Gasteiger partial charge in [-0.25, -0.2) is 0 Å². The van der Waals surface area contributed by atoms with Crippen molar-refractivity contribution in [2.75, 3.05) is 5.73 Å². The monoisotopic (exact) mass is 214 g/mol. The Morgan fingerprint density at radius 1 is 1.40 bits per heavy atom. The minimum atomic E-state index is 0.589. The van der Waals surface area contributed by atoms with Crippen molar-refractivity contribution in [1.29, 1.82) is 5.26 Å². The first-order chi connectivity index (χ1) is 7.22. The minimum Gasteiger partial charge on any atom is -0.396 e. The van der Waals surface area contributed by atoms with Gasteiger partial charge < -0.3 is 5.73 Å². The maximum atomic E-state index is 8.81. The molecule has 0 aliphatic rings. The van der Waals surface area contributed by atoms with Gasteiger partial charge in [0.05, 0.1) is 5.69 Å². The number of nitrogens with two attached hydrogens (primary N) is 1. The minimum absolute atomic E-state index is 0.589. The molecule has 15 heavy (non-hydrogen) atoms. The number of thiophene rings is 1. The molecular weight excluding hydrogens is 204 g/mol. The molecule has 0 saturated carbocycles. The lowest BCUT2D eigenvalue weighted by Crippen LogP contribution is -1.88. The summed E-state index contributed by atoms with van der Waals surface area (Å²) in [5.74, 6) is 0. The topological polar surface area (TPSA) is 49.8 Å². The van der Waals surface area contributed by atoms with Gasteiger partial charge in [-0.1, -0.05) is 29.8 Å². The highest BCUT2D eigenvalue weighted by Gasteiger charge is 2.09. The van der Waals surface area contributed by atoms with E-state index in [1.54, 1.807) is 0 Å². The first-order valence-corrected chi connectivity index (χ1v) is 5.44. The van der Waals surface area contributed by atoms with Crippen LogP contribution in [0.5, 0.6) is 0 Å². The Bertz CT molecular complexity index is 535. The van der Waals surface area contributed by atoms with Crippen LogP contribution in [0.4, 0.5) is 5.69 Å². The molecule has 3 heteroatoms. The zero-order valence-electron chi connectivity index (χ0n) is 8.32. The molecule has 1 aromatic carbocycles. The van der Waals surface area contributed by atoms with Crippen molar-refractivity contribution in [2.24, 2.45) is 0 Å². The molecule has 74 valence electrons. The summed E-state index contributed by atoms with van der Waals surface area (Å²) >= 11 is 1.39. The van der Waals surface area contributed by atoms with Crippen LogP contribution in [0.15, 0.2) is 29.6 Å². The number of rotatable bonds is 1. The smallest absolute Gasteiger partial charge is 0.128 e. The molecule has 0 radical (unpaired) electrons. The molecule has 1 heterocycles. The van der Waals surface area contributed by atoms with Crippen molar-refractivity contribution in [3.63, 3.8) is 0 Å². The van der Waals surface area contributed by atoms with Gasteiger partial charge in [0.1, 0.15) is 10.9 Å². The molecule has 2 aromatic rings. The maximum absolute atomic E-state index is 8.81. The zero-order chi connectivity index (χ0) is 10.8. The van der Waals surface area contributed by atoms with Gasteiger partial charge in [-0.3, -0.25) is 0 Å². The summed E-state index contributed by atoms with van der Waals surface area (Å²) in [5, 5.41) is 10.7. The lowest BCUT2D eigenvalue weighted by Gasteiger charge is -2.01. The van der Waals surface area contributed by atoms with Crippen LogP contribution in [0.3, 0.4) is 0 Å². The summed E-state index contributed by atoms with van der Waals surface area (Å²) in [7, 11) is 0. The standard InChI is InChI=1S/C12H10N2S/c1-8-3-2-4-9(5-8)10-7-15-11(6-13)12(10)14/h2-5,7H,14H2,1H3. The van der Waals surface area contributed by atoms with Crippen LogP contribution in [0.1, 0.15) is 10.4 Å². The van der Waals surface area contributed by atoms with Gasteiger partial charge in [-0.05, 0) is 12.5 Å². The van der Waals surface area contributed by atoms with Crippen molar-refractivity contribution in [2.45, 2.75) is 6.92 Å². The number of hydrogen-bond acceptors (Lipinski definition) is 3. The fourth-order valence-electron chi connectivity index (χ4n) is 1.49. The lowest BCUT2D eigenvalue weighted by atomic mass is 10.1. The Morgan fingerprint density at radius 2 is 2.20 bits per heavy atom. The first-order valence-electron chi connectivity index (χ1n) is 4.56. The Kier molecular flexibility index (Phi) is 2.44. The molecule has 0 saturated heterocycles. The highest BCUT2D eigenvalue weighted by Crippen LogP contribution is 2.33. The van der Waals surface area contributed by atoms with Crippen molar-refractivity contribution in [3.05, 3.63) is 40.1 Å². The third kappa shape index (κ3) is 1.72. The van der Waals surface area contributed by atoms with E-state index in [4.69, 9.17) is 11.0 Å². The van der Waals surface area contributed by atoms with Crippen LogP contribution in [-0.4, -0.2) is 0 Å². The Morgan fingerprint density at radius 3 is 2.80 bits per heavy atom. The van der Waals surface area contributed by atoms with E-state index in [1.807, 2.05) is 30.5 Å². The Labute approximate surface area is 92.6 Å². The van der Waals surface area contributed by atoms with Gasteiger partial charge in [0.25, 0.3) is 0 Å². The van der Waals surface area contributed by atoms with E-state index in [9.17, 15) is 0 Å². The van der Waals surface area contributed by atoms with Crippen molar-refractivity contribution in [1.82, 2.24) is 0 Å². The van der Waals surface area contributed by atoms with Crippen LogP contribution in [-0.2, 0) is 0 Å². The van der Waals surface area contributed by atoms with E-state index >= 15 is 0 Å². The van der Waals surface area contributed by atoms with Crippen molar-refractivity contribution in [3.8, 4) is 17.2 Å². The van der Waals surface area contributed by atoms with Crippen molar-refractivity contribution >= 4 is 17.0 Å². The van der Waals surface area contributed by atoms with Crippen LogP contribution in [0, 0.1) is 18.3 Å². The highest BCUT2D eigenvalue weighted by atomic mass is 32.1. The Hall–Kier alpha value is -1.79. The van der Waals surface area contributed by atoms with Gasteiger partial charge >= 0.3 is 0 Å². The molecule has 0 aliphatic carbocycles. The number of nitriles is 1. The largest absolute Gasteiger partial charge is 0.396 e. The van der Waals surface area contributed by atoms with Crippen molar-refractivity contribution < 1.29 is 0 Å². The molecule has 0 aliphatic heterocycles. The van der Waals surface area contributed by atoms with Crippen LogP contribution in [0.25, 0.3) is 11.1 Å². The molecule has 2 rings (SSSR count). The molecule has 0 spiro atoms. The maximum Gasteiger partial charge on any atom is 0.128 e. The molecule has 2 N–H and O–H groups in total. The number of nitrogens with zero attached hydrogens (tertiary/aromatic N) is 1. The average molecular weight is 214 g/mol. The summed E-state index contributed by atoms with van der Waals surface area (Å²) in [4.78, 5) is 0.589. The predicted octanol–water partition coefficient (Wildman–Crippen LogP) is 3.18. The third-order valence-electron chi connectivity index (χ3n) is 2.26. The summed E-state index contributed by atoms with van der Waals surface area (Å²) in [5.41, 5.74) is 9.70. The van der Waals surface area contributed by atoms with Gasteiger partial charge in [-0.15, -0.1) is 11.3 Å². The summed E-state index contributed by atoms with van der Waals surface area (Å²) < 4.78 is 0. The van der Waals surface area contributed by atoms with E-state index < -0.39 is 0 Å². The Balaban J connectivity index is 2.56. The number of nitrogen functional groups attached to an aromatic ring is 1. The second-order valence-corrected chi connectivity index (χ2v) is 4.25. The fraction of sp³-hybridized carbons (Fsp3) is 0.0833. The lowest BCUT2D eigenvalue weighted by molar-refractivity contribution is 1.47. The van der Waals surface area contributed by atoms with E-state index in [2.05, 4.69) is 12.1 Å². The summed E-state index contributed by atoms with van der Waals surface area (Å²) in [6.07, 6.45) is 0. The van der Waals surface area contributed by atoms with Gasteiger partial charge in [0.15, 0.2) is 0 Å². The molecule has 0 amide bonds. The van der Waals surface area contributed by atoms with Gasteiger partial charge in [-0.2, -0.15) is 5.26 Å². The highest BCUT2D eigenvalue weighted by molar-refractivity contribution is 7.11. The average Bonchev–Trinajstić information content (AvgIpc) is 2.59. The van der Waals surface area contributed by atoms with Crippen LogP contribution in [0.2, 0.25) is 0 Å². The van der Waals surface area contributed by atoms with Crippen LogP contribution < -0.4 is 5.73 Å². The zero-order valence-corrected chi connectivity index (χ0v) is 9.14. The van der Waals surface area contributed by atoms with E-state index in [0.29, 0.717) is 10.6 Å². The fourth-order valence-corrected chi connectivity index (χ4v) is 2.28. The first kappa shape index (κ1) is 9.75. The second kappa shape index (κ2) is 3.76. The second-order valence-electron chi connectivity index (χ2n) is 3.37. The molecule has 0 atom stereocenters. The number of hydrogen-bond donors (Lipinski definition) is 1.